The minimum atomic E-state index is 0.303. The summed E-state index contributed by atoms with van der Waals surface area (Å²) in [6.07, 6.45) is 15.0. The minimum Gasteiger partial charge on any atom is -0.493 e. The lowest BCUT2D eigenvalue weighted by molar-refractivity contribution is 0.200. The van der Waals surface area contributed by atoms with E-state index in [1.54, 1.807) is 7.11 Å². The van der Waals surface area contributed by atoms with E-state index in [0.29, 0.717) is 6.10 Å². The largest absolute Gasteiger partial charge is 0.493 e. The van der Waals surface area contributed by atoms with Crippen molar-refractivity contribution in [3.63, 3.8) is 0 Å². The number of ether oxygens (including phenoxy) is 2. The maximum atomic E-state index is 6.35. The molecule has 3 aromatic rings. The van der Waals surface area contributed by atoms with Gasteiger partial charge in [-0.1, -0.05) is 42.5 Å². The van der Waals surface area contributed by atoms with Crippen molar-refractivity contribution in [2.45, 2.75) is 44.6 Å². The highest BCUT2D eigenvalue weighted by Crippen LogP contribution is 2.35. The van der Waals surface area contributed by atoms with Crippen molar-refractivity contribution in [3.05, 3.63) is 89.2 Å². The summed E-state index contributed by atoms with van der Waals surface area (Å²) in [6.45, 7) is 0. The fourth-order valence-corrected chi connectivity index (χ4v) is 4.01. The van der Waals surface area contributed by atoms with Gasteiger partial charge in [-0.15, -0.1) is 0 Å². The highest BCUT2D eigenvalue weighted by atomic mass is 16.5. The first kappa shape index (κ1) is 20.2. The summed E-state index contributed by atoms with van der Waals surface area (Å²) >= 11 is 0. The summed E-state index contributed by atoms with van der Waals surface area (Å²) in [7, 11) is 1.72. The molecule has 0 bridgehead atoms. The Morgan fingerprint density at radius 1 is 0.900 bits per heavy atom. The Kier molecular flexibility index (Phi) is 6.81. The van der Waals surface area contributed by atoms with Crippen molar-refractivity contribution in [1.29, 1.82) is 0 Å². The molecule has 0 saturated heterocycles. The van der Waals surface area contributed by atoms with E-state index in [-0.39, 0.29) is 0 Å². The van der Waals surface area contributed by atoms with Crippen molar-refractivity contribution >= 4 is 12.2 Å². The molecule has 2 aromatic carbocycles. The molecule has 1 saturated carbocycles. The molecular weight excluding hydrogens is 370 g/mol. The number of benzene rings is 2. The summed E-state index contributed by atoms with van der Waals surface area (Å²) in [4.78, 5) is 4.13. The SMILES string of the molecule is COc1cc(/C=C/c2ccccc2)c(CCc2ccncc2)cc1OC1CCCC1. The molecule has 30 heavy (non-hydrogen) atoms. The van der Waals surface area contributed by atoms with E-state index in [9.17, 15) is 0 Å². The molecule has 0 aliphatic heterocycles. The van der Waals surface area contributed by atoms with Crippen LogP contribution in [0.2, 0.25) is 0 Å². The first-order valence-corrected chi connectivity index (χ1v) is 10.8. The first-order chi connectivity index (χ1) is 14.8. The molecule has 0 N–H and O–H groups in total. The molecule has 4 rings (SSSR count). The van der Waals surface area contributed by atoms with Crippen molar-refractivity contribution in [1.82, 2.24) is 4.98 Å². The molecule has 0 amide bonds. The third kappa shape index (κ3) is 5.29. The number of hydrogen-bond donors (Lipinski definition) is 0. The molecule has 0 spiro atoms. The van der Waals surface area contributed by atoms with Gasteiger partial charge in [0.25, 0.3) is 0 Å². The third-order valence-electron chi connectivity index (χ3n) is 5.71. The zero-order valence-corrected chi connectivity index (χ0v) is 17.6. The number of rotatable bonds is 8. The lowest BCUT2D eigenvalue weighted by Crippen LogP contribution is -2.12. The van der Waals surface area contributed by atoms with Crippen LogP contribution in [-0.4, -0.2) is 18.2 Å². The van der Waals surface area contributed by atoms with Crippen LogP contribution >= 0.6 is 0 Å². The Morgan fingerprint density at radius 3 is 2.40 bits per heavy atom. The van der Waals surface area contributed by atoms with Gasteiger partial charge < -0.3 is 9.47 Å². The van der Waals surface area contributed by atoms with Gasteiger partial charge >= 0.3 is 0 Å². The van der Waals surface area contributed by atoms with E-state index in [1.165, 1.54) is 35.1 Å². The zero-order valence-electron chi connectivity index (χ0n) is 17.6. The lowest BCUT2D eigenvalue weighted by Gasteiger charge is -2.18. The topological polar surface area (TPSA) is 31.4 Å². The number of hydrogen-bond acceptors (Lipinski definition) is 3. The molecule has 1 heterocycles. The number of aryl methyl sites for hydroxylation is 2. The minimum absolute atomic E-state index is 0.303. The average Bonchev–Trinajstić information content (AvgIpc) is 3.31. The first-order valence-electron chi connectivity index (χ1n) is 10.8. The van der Waals surface area contributed by atoms with Crippen LogP contribution in [0.15, 0.2) is 67.0 Å². The lowest BCUT2D eigenvalue weighted by atomic mass is 9.98. The highest BCUT2D eigenvalue weighted by Gasteiger charge is 2.19. The Morgan fingerprint density at radius 2 is 1.67 bits per heavy atom. The van der Waals surface area contributed by atoms with Crippen molar-refractivity contribution < 1.29 is 9.47 Å². The van der Waals surface area contributed by atoms with E-state index < -0.39 is 0 Å². The van der Waals surface area contributed by atoms with Crippen LogP contribution in [0.25, 0.3) is 12.2 Å². The van der Waals surface area contributed by atoms with E-state index >= 15 is 0 Å². The summed E-state index contributed by atoms with van der Waals surface area (Å²) in [5.74, 6) is 1.67. The predicted octanol–water partition coefficient (Wildman–Crippen LogP) is 6.37. The van der Waals surface area contributed by atoms with Crippen LogP contribution in [0, 0.1) is 0 Å². The molecule has 1 aliphatic rings. The maximum Gasteiger partial charge on any atom is 0.161 e. The molecule has 1 aromatic heterocycles. The second kappa shape index (κ2) is 10.1. The third-order valence-corrected chi connectivity index (χ3v) is 5.71. The van der Waals surface area contributed by atoms with Gasteiger partial charge in [0.15, 0.2) is 11.5 Å². The summed E-state index contributed by atoms with van der Waals surface area (Å²) in [5, 5.41) is 0. The van der Waals surface area contributed by atoms with Gasteiger partial charge in [0.05, 0.1) is 13.2 Å². The summed E-state index contributed by atoms with van der Waals surface area (Å²) < 4.78 is 12.0. The summed E-state index contributed by atoms with van der Waals surface area (Å²) in [6, 6.07) is 18.8. The van der Waals surface area contributed by atoms with Crippen LogP contribution in [-0.2, 0) is 12.8 Å². The molecule has 1 fully saturated rings. The van der Waals surface area contributed by atoms with Gasteiger partial charge in [-0.05, 0) is 85.0 Å². The summed E-state index contributed by atoms with van der Waals surface area (Å²) in [5.41, 5.74) is 4.91. The van der Waals surface area contributed by atoms with E-state index in [4.69, 9.17) is 9.47 Å². The molecule has 3 nitrogen and oxygen atoms in total. The molecule has 154 valence electrons. The Hall–Kier alpha value is -3.07. The fraction of sp³-hybridized carbons (Fsp3) is 0.296. The van der Waals surface area contributed by atoms with E-state index in [1.807, 2.05) is 18.5 Å². The molecular formula is C27H29NO2. The normalized spacial score (nSPS) is 14.3. The second-order valence-corrected chi connectivity index (χ2v) is 7.83. The maximum absolute atomic E-state index is 6.35. The van der Waals surface area contributed by atoms with Crippen LogP contribution in [0.3, 0.4) is 0 Å². The second-order valence-electron chi connectivity index (χ2n) is 7.83. The number of methoxy groups -OCH3 is 1. The van der Waals surface area contributed by atoms with Crippen LogP contribution < -0.4 is 9.47 Å². The van der Waals surface area contributed by atoms with Crippen molar-refractivity contribution in [3.8, 4) is 11.5 Å². The van der Waals surface area contributed by atoms with E-state index in [2.05, 4.69) is 65.7 Å². The van der Waals surface area contributed by atoms with Crippen molar-refractivity contribution in [2.75, 3.05) is 7.11 Å². The monoisotopic (exact) mass is 399 g/mol. The molecule has 0 atom stereocenters. The highest BCUT2D eigenvalue weighted by molar-refractivity contribution is 5.73. The Labute approximate surface area is 179 Å². The molecule has 0 radical (unpaired) electrons. The zero-order chi connectivity index (χ0) is 20.6. The van der Waals surface area contributed by atoms with Gasteiger partial charge in [0.1, 0.15) is 0 Å². The molecule has 3 heteroatoms. The number of aromatic nitrogens is 1. The van der Waals surface area contributed by atoms with E-state index in [0.717, 1.165) is 37.2 Å². The quantitative estimate of drug-likeness (QED) is 0.413. The average molecular weight is 400 g/mol. The number of pyridine rings is 1. The molecule has 0 unspecified atom stereocenters. The molecule has 1 aliphatic carbocycles. The fourth-order valence-electron chi connectivity index (χ4n) is 4.01. The Bertz CT molecular complexity index is 961. The van der Waals surface area contributed by atoms with Gasteiger partial charge in [-0.3, -0.25) is 4.98 Å². The Balaban J connectivity index is 1.63. The number of nitrogens with zero attached hydrogens (tertiary/aromatic N) is 1. The standard InChI is InChI=1S/C27H29NO2/c1-29-26-19-23(13-11-21-7-3-2-4-8-21)24(14-12-22-15-17-28-18-16-22)20-27(26)30-25-9-5-6-10-25/h2-4,7-8,11,13,15-20,25H,5-6,9-10,12,14H2,1H3/b13-11+. The van der Waals surface area contributed by atoms with Crippen LogP contribution in [0.1, 0.15) is 47.9 Å². The van der Waals surface area contributed by atoms with Crippen LogP contribution in [0.5, 0.6) is 11.5 Å². The van der Waals surface area contributed by atoms with Gasteiger partial charge in [-0.25, -0.2) is 0 Å². The van der Waals surface area contributed by atoms with Crippen LogP contribution in [0.4, 0.5) is 0 Å². The van der Waals surface area contributed by atoms with Gasteiger partial charge in [0, 0.05) is 12.4 Å². The predicted molar refractivity (Wildman–Crippen MR) is 123 cm³/mol. The van der Waals surface area contributed by atoms with Crippen molar-refractivity contribution in [2.24, 2.45) is 0 Å². The smallest absolute Gasteiger partial charge is 0.161 e. The van der Waals surface area contributed by atoms with Gasteiger partial charge in [-0.2, -0.15) is 0 Å². The van der Waals surface area contributed by atoms with Gasteiger partial charge in [0.2, 0.25) is 0 Å².